The molecule has 3 aromatic rings. The Hall–Kier alpha value is -2.56. The van der Waals surface area contributed by atoms with Gasteiger partial charge in [0.1, 0.15) is 10.6 Å². The highest BCUT2D eigenvalue weighted by molar-refractivity contribution is 7.89. The molecular weight excluding hydrogens is 424 g/mol. The summed E-state index contributed by atoms with van der Waals surface area (Å²) >= 11 is 1.37. The lowest BCUT2D eigenvalue weighted by atomic mass is 9.99. The Morgan fingerprint density at radius 3 is 3.00 bits per heavy atom. The first-order chi connectivity index (χ1) is 14.5. The Bertz CT molecular complexity index is 1150. The molecule has 10 heteroatoms. The number of ether oxygens (including phenoxy) is 1. The van der Waals surface area contributed by atoms with Gasteiger partial charge in [-0.15, -0.1) is 0 Å². The van der Waals surface area contributed by atoms with E-state index in [1.54, 1.807) is 6.07 Å². The van der Waals surface area contributed by atoms with E-state index in [-0.39, 0.29) is 17.3 Å². The number of nitrogens with zero attached hydrogens (tertiary/aromatic N) is 3. The summed E-state index contributed by atoms with van der Waals surface area (Å²) in [5, 5.41) is 3.35. The molecule has 0 spiro atoms. The first-order valence-corrected chi connectivity index (χ1v) is 12.0. The minimum absolute atomic E-state index is 0.141. The van der Waals surface area contributed by atoms with Crippen LogP contribution in [0.1, 0.15) is 19.8 Å². The molecule has 1 N–H and O–H groups in total. The van der Waals surface area contributed by atoms with Crippen LogP contribution in [-0.2, 0) is 14.8 Å². The number of benzene rings is 1. The van der Waals surface area contributed by atoms with Gasteiger partial charge in [-0.25, -0.2) is 13.4 Å². The quantitative estimate of drug-likeness (QED) is 0.624. The lowest BCUT2D eigenvalue weighted by Crippen LogP contribution is -2.43. The molecule has 2 aromatic heterocycles. The van der Waals surface area contributed by atoms with Crippen LogP contribution < -0.4 is 10.1 Å². The first-order valence-electron chi connectivity index (χ1n) is 9.72. The minimum atomic E-state index is -3.67. The lowest BCUT2D eigenvalue weighted by Gasteiger charge is -2.30. The van der Waals surface area contributed by atoms with Crippen LogP contribution in [0.2, 0.25) is 0 Å². The van der Waals surface area contributed by atoms with Gasteiger partial charge in [0.25, 0.3) is 0 Å². The van der Waals surface area contributed by atoms with E-state index >= 15 is 0 Å². The second-order valence-electron chi connectivity index (χ2n) is 6.96. The smallest absolute Gasteiger partial charge is 0.244 e. The highest BCUT2D eigenvalue weighted by Crippen LogP contribution is 2.30. The van der Waals surface area contributed by atoms with Crippen molar-refractivity contribution >= 4 is 42.6 Å². The van der Waals surface area contributed by atoms with Crippen LogP contribution in [0, 0.1) is 5.92 Å². The van der Waals surface area contributed by atoms with Gasteiger partial charge in [0, 0.05) is 25.5 Å². The van der Waals surface area contributed by atoms with E-state index in [0.29, 0.717) is 31.1 Å². The zero-order chi connectivity index (χ0) is 21.1. The van der Waals surface area contributed by atoms with E-state index in [1.807, 2.05) is 25.1 Å². The fraction of sp³-hybridized carbons (Fsp3) is 0.350. The number of anilines is 1. The van der Waals surface area contributed by atoms with Gasteiger partial charge in [-0.3, -0.25) is 9.78 Å². The summed E-state index contributed by atoms with van der Waals surface area (Å²) in [5.74, 6) is 0.108. The SMILES string of the molecule is CCOc1ccc2nc(NC(=O)[C@H]3CCCN(S(=O)(=O)c4cccnc4)C3)sc2c1. The summed E-state index contributed by atoms with van der Waals surface area (Å²) in [7, 11) is -3.67. The number of carbonyl (C=O) groups is 1. The number of sulfonamides is 1. The van der Waals surface area contributed by atoms with Gasteiger partial charge in [-0.1, -0.05) is 11.3 Å². The average molecular weight is 447 g/mol. The maximum atomic E-state index is 12.8. The molecule has 1 amide bonds. The van der Waals surface area contributed by atoms with E-state index in [9.17, 15) is 13.2 Å². The van der Waals surface area contributed by atoms with E-state index in [2.05, 4.69) is 15.3 Å². The number of carbonyl (C=O) groups excluding carboxylic acids is 1. The third kappa shape index (κ3) is 4.30. The molecule has 4 rings (SSSR count). The monoisotopic (exact) mass is 446 g/mol. The molecule has 1 aromatic carbocycles. The standard InChI is InChI=1S/C20H22N4O4S2/c1-2-28-15-7-8-17-18(11-15)29-20(22-17)23-19(25)14-5-4-10-24(13-14)30(26,27)16-6-3-9-21-12-16/h3,6-9,11-12,14H,2,4-5,10,13H2,1H3,(H,22,23,25)/t14-/m0/s1. The molecular formula is C20H22N4O4S2. The molecule has 1 atom stereocenters. The number of thiazole rings is 1. The minimum Gasteiger partial charge on any atom is -0.494 e. The molecule has 1 saturated heterocycles. The van der Waals surface area contributed by atoms with E-state index < -0.39 is 15.9 Å². The van der Waals surface area contributed by atoms with Gasteiger partial charge in [0.05, 0.1) is 22.7 Å². The zero-order valence-electron chi connectivity index (χ0n) is 16.4. The van der Waals surface area contributed by atoms with Crippen LogP contribution in [0.5, 0.6) is 5.75 Å². The van der Waals surface area contributed by atoms with Crippen LogP contribution in [0.15, 0.2) is 47.6 Å². The summed E-state index contributed by atoms with van der Waals surface area (Å²) in [4.78, 5) is 21.3. The van der Waals surface area contributed by atoms with Crippen molar-refractivity contribution in [3.63, 3.8) is 0 Å². The Labute approximate surface area is 179 Å². The second-order valence-corrected chi connectivity index (χ2v) is 9.93. The molecule has 0 radical (unpaired) electrons. The fourth-order valence-electron chi connectivity index (χ4n) is 3.45. The summed E-state index contributed by atoms with van der Waals surface area (Å²) in [6.07, 6.45) is 4.11. The van der Waals surface area contributed by atoms with Crippen LogP contribution in [0.3, 0.4) is 0 Å². The number of rotatable bonds is 6. The third-order valence-corrected chi connectivity index (χ3v) is 7.71. The molecule has 1 fully saturated rings. The van der Waals surface area contributed by atoms with E-state index in [1.165, 1.54) is 34.1 Å². The first kappa shape index (κ1) is 20.7. The summed E-state index contributed by atoms with van der Waals surface area (Å²) in [5.41, 5.74) is 0.781. The molecule has 8 nitrogen and oxygen atoms in total. The number of hydrogen-bond acceptors (Lipinski definition) is 7. The molecule has 0 unspecified atom stereocenters. The molecule has 1 aliphatic rings. The van der Waals surface area contributed by atoms with Crippen molar-refractivity contribution in [2.45, 2.75) is 24.7 Å². The highest BCUT2D eigenvalue weighted by Gasteiger charge is 2.33. The summed E-state index contributed by atoms with van der Waals surface area (Å²) in [6.45, 7) is 3.03. The Morgan fingerprint density at radius 2 is 2.23 bits per heavy atom. The highest BCUT2D eigenvalue weighted by atomic mass is 32.2. The number of hydrogen-bond donors (Lipinski definition) is 1. The Morgan fingerprint density at radius 1 is 1.37 bits per heavy atom. The number of pyridine rings is 1. The van der Waals surface area contributed by atoms with Crippen molar-refractivity contribution in [2.75, 3.05) is 25.0 Å². The number of piperidine rings is 1. The molecule has 0 aliphatic carbocycles. The van der Waals surface area contributed by atoms with Crippen molar-refractivity contribution in [1.29, 1.82) is 0 Å². The summed E-state index contributed by atoms with van der Waals surface area (Å²) in [6, 6.07) is 8.71. The third-order valence-electron chi connectivity index (χ3n) is 4.93. The molecule has 158 valence electrons. The zero-order valence-corrected chi connectivity index (χ0v) is 18.1. The summed E-state index contributed by atoms with van der Waals surface area (Å²) < 4.78 is 33.5. The van der Waals surface area contributed by atoms with Crippen LogP contribution >= 0.6 is 11.3 Å². The van der Waals surface area contributed by atoms with Crippen LogP contribution in [0.25, 0.3) is 10.2 Å². The van der Waals surface area contributed by atoms with Crippen molar-refractivity contribution in [3.05, 3.63) is 42.7 Å². The predicted molar refractivity (Wildman–Crippen MR) is 115 cm³/mol. The largest absolute Gasteiger partial charge is 0.494 e. The molecule has 30 heavy (non-hydrogen) atoms. The lowest BCUT2D eigenvalue weighted by molar-refractivity contribution is -0.120. The maximum absolute atomic E-state index is 12.8. The normalized spacial score (nSPS) is 17.7. The van der Waals surface area contributed by atoms with E-state index in [4.69, 9.17) is 4.74 Å². The second kappa shape index (κ2) is 8.66. The van der Waals surface area contributed by atoms with Crippen LogP contribution in [0.4, 0.5) is 5.13 Å². The fourth-order valence-corrected chi connectivity index (χ4v) is 5.83. The predicted octanol–water partition coefficient (Wildman–Crippen LogP) is 3.13. The van der Waals surface area contributed by atoms with Crippen LogP contribution in [-0.4, -0.2) is 48.3 Å². The van der Waals surface area contributed by atoms with Crippen molar-refractivity contribution < 1.29 is 17.9 Å². The van der Waals surface area contributed by atoms with Gasteiger partial charge < -0.3 is 10.1 Å². The number of fused-ring (bicyclic) bond motifs is 1. The van der Waals surface area contributed by atoms with Gasteiger partial charge in [0.2, 0.25) is 15.9 Å². The Balaban J connectivity index is 1.46. The Kier molecular flexibility index (Phi) is 5.98. The van der Waals surface area contributed by atoms with Crippen molar-refractivity contribution in [2.24, 2.45) is 5.92 Å². The molecule has 1 aliphatic heterocycles. The molecule has 0 bridgehead atoms. The van der Waals surface area contributed by atoms with Gasteiger partial charge in [-0.2, -0.15) is 4.31 Å². The number of nitrogens with one attached hydrogen (secondary N) is 1. The molecule has 0 saturated carbocycles. The topological polar surface area (TPSA) is 101 Å². The van der Waals surface area contributed by atoms with Gasteiger partial charge in [0.15, 0.2) is 5.13 Å². The van der Waals surface area contributed by atoms with E-state index in [0.717, 1.165) is 16.0 Å². The number of amides is 1. The number of aromatic nitrogens is 2. The maximum Gasteiger partial charge on any atom is 0.244 e. The van der Waals surface area contributed by atoms with Crippen molar-refractivity contribution in [1.82, 2.24) is 14.3 Å². The average Bonchev–Trinajstić information content (AvgIpc) is 3.16. The van der Waals surface area contributed by atoms with Gasteiger partial charge >= 0.3 is 0 Å². The van der Waals surface area contributed by atoms with Crippen molar-refractivity contribution in [3.8, 4) is 5.75 Å². The molecule has 3 heterocycles. The van der Waals surface area contributed by atoms with Gasteiger partial charge in [-0.05, 0) is 50.1 Å².